The Bertz CT molecular complexity index is 308. The highest BCUT2D eigenvalue weighted by atomic mass is 16.3. The van der Waals surface area contributed by atoms with Gasteiger partial charge in [-0.05, 0) is 31.9 Å². The van der Waals surface area contributed by atoms with Gasteiger partial charge in [-0.1, -0.05) is 12.8 Å². The van der Waals surface area contributed by atoms with Crippen LogP contribution in [0.15, 0.2) is 16.5 Å². The molecule has 15 heavy (non-hydrogen) atoms. The predicted molar refractivity (Wildman–Crippen MR) is 58.5 cm³/mol. The van der Waals surface area contributed by atoms with E-state index in [1.54, 1.807) is 0 Å². The molecule has 1 aromatic heterocycles. The largest absolute Gasteiger partial charge is 0.465 e. The molecule has 0 bridgehead atoms. The molecule has 3 heteroatoms. The molecule has 1 saturated carbocycles. The molecule has 0 aliphatic heterocycles. The molecular weight excluding hydrogens is 190 g/mol. The standard InChI is InChI=1S/C12H19NO2/c1-9-6-7-10(15-9)8-13-11-4-2-3-5-12(11)14/h6-7,11-14H,2-5,8H2,1H3/t11-,12+/m0/s1. The second-order valence-electron chi connectivity index (χ2n) is 4.35. The second kappa shape index (κ2) is 4.81. The van der Waals surface area contributed by atoms with E-state index in [0.717, 1.165) is 37.3 Å². The Morgan fingerprint density at radius 2 is 2.20 bits per heavy atom. The zero-order valence-corrected chi connectivity index (χ0v) is 9.20. The summed E-state index contributed by atoms with van der Waals surface area (Å²) in [6.07, 6.45) is 4.18. The lowest BCUT2D eigenvalue weighted by atomic mass is 9.92. The van der Waals surface area contributed by atoms with Crippen molar-refractivity contribution in [1.82, 2.24) is 5.32 Å². The fourth-order valence-electron chi connectivity index (χ4n) is 2.16. The summed E-state index contributed by atoms with van der Waals surface area (Å²) in [5.41, 5.74) is 0. The summed E-state index contributed by atoms with van der Waals surface area (Å²) >= 11 is 0. The number of nitrogens with one attached hydrogen (secondary N) is 1. The first-order chi connectivity index (χ1) is 7.25. The fourth-order valence-corrected chi connectivity index (χ4v) is 2.16. The summed E-state index contributed by atoms with van der Waals surface area (Å²) < 4.78 is 5.47. The third-order valence-electron chi connectivity index (χ3n) is 3.06. The van der Waals surface area contributed by atoms with Gasteiger partial charge in [0.25, 0.3) is 0 Å². The van der Waals surface area contributed by atoms with Crippen molar-refractivity contribution in [2.75, 3.05) is 0 Å². The Balaban J connectivity index is 1.81. The highest BCUT2D eigenvalue weighted by Gasteiger charge is 2.22. The van der Waals surface area contributed by atoms with Crippen LogP contribution < -0.4 is 5.32 Å². The summed E-state index contributed by atoms with van der Waals surface area (Å²) in [5.74, 6) is 1.89. The van der Waals surface area contributed by atoms with Crippen molar-refractivity contribution in [2.45, 2.75) is 51.3 Å². The van der Waals surface area contributed by atoms with Crippen LogP contribution in [0.3, 0.4) is 0 Å². The minimum Gasteiger partial charge on any atom is -0.465 e. The average molecular weight is 209 g/mol. The first kappa shape index (κ1) is 10.7. The molecule has 0 spiro atoms. The molecule has 3 nitrogen and oxygen atoms in total. The van der Waals surface area contributed by atoms with E-state index in [1.165, 1.54) is 6.42 Å². The van der Waals surface area contributed by atoms with Gasteiger partial charge < -0.3 is 14.8 Å². The number of aliphatic hydroxyl groups is 1. The van der Waals surface area contributed by atoms with Gasteiger partial charge in [0.2, 0.25) is 0 Å². The summed E-state index contributed by atoms with van der Waals surface area (Å²) in [7, 11) is 0. The lowest BCUT2D eigenvalue weighted by Gasteiger charge is -2.28. The fraction of sp³-hybridized carbons (Fsp3) is 0.667. The van der Waals surface area contributed by atoms with E-state index in [0.29, 0.717) is 0 Å². The van der Waals surface area contributed by atoms with Crippen LogP contribution in [0.25, 0.3) is 0 Å². The van der Waals surface area contributed by atoms with Gasteiger partial charge in [0.1, 0.15) is 11.5 Å². The van der Waals surface area contributed by atoms with Crippen molar-refractivity contribution in [1.29, 1.82) is 0 Å². The number of hydrogen-bond donors (Lipinski definition) is 2. The monoisotopic (exact) mass is 209 g/mol. The molecule has 0 saturated heterocycles. The van der Waals surface area contributed by atoms with Crippen LogP contribution in [0.4, 0.5) is 0 Å². The highest BCUT2D eigenvalue weighted by Crippen LogP contribution is 2.18. The molecule has 1 aliphatic carbocycles. The van der Waals surface area contributed by atoms with E-state index in [2.05, 4.69) is 5.32 Å². The molecule has 2 atom stereocenters. The first-order valence-electron chi connectivity index (χ1n) is 5.72. The van der Waals surface area contributed by atoms with Crippen LogP contribution >= 0.6 is 0 Å². The van der Waals surface area contributed by atoms with E-state index in [9.17, 15) is 5.11 Å². The van der Waals surface area contributed by atoms with Gasteiger partial charge >= 0.3 is 0 Å². The summed E-state index contributed by atoms with van der Waals surface area (Å²) in [6.45, 7) is 2.66. The van der Waals surface area contributed by atoms with Crippen molar-refractivity contribution in [3.05, 3.63) is 23.7 Å². The minimum atomic E-state index is -0.185. The Labute approximate surface area is 90.5 Å². The van der Waals surface area contributed by atoms with E-state index < -0.39 is 0 Å². The van der Waals surface area contributed by atoms with Crippen LogP contribution in [0, 0.1) is 6.92 Å². The smallest absolute Gasteiger partial charge is 0.117 e. The number of rotatable bonds is 3. The minimum absolute atomic E-state index is 0.185. The number of furan rings is 1. The van der Waals surface area contributed by atoms with Crippen LogP contribution in [-0.2, 0) is 6.54 Å². The number of aryl methyl sites for hydroxylation is 1. The maximum Gasteiger partial charge on any atom is 0.117 e. The quantitative estimate of drug-likeness (QED) is 0.800. The van der Waals surface area contributed by atoms with E-state index >= 15 is 0 Å². The van der Waals surface area contributed by atoms with Crippen LogP contribution in [0.5, 0.6) is 0 Å². The van der Waals surface area contributed by atoms with Gasteiger partial charge in [0, 0.05) is 6.04 Å². The van der Waals surface area contributed by atoms with Crippen LogP contribution in [0.2, 0.25) is 0 Å². The van der Waals surface area contributed by atoms with E-state index in [-0.39, 0.29) is 12.1 Å². The molecule has 0 radical (unpaired) electrons. The molecule has 2 N–H and O–H groups in total. The maximum atomic E-state index is 9.76. The van der Waals surface area contributed by atoms with Gasteiger partial charge in [-0.15, -0.1) is 0 Å². The molecular formula is C12H19NO2. The van der Waals surface area contributed by atoms with Crippen molar-refractivity contribution >= 4 is 0 Å². The summed E-state index contributed by atoms with van der Waals surface area (Å²) in [4.78, 5) is 0. The molecule has 1 aromatic rings. The Morgan fingerprint density at radius 3 is 2.87 bits per heavy atom. The Kier molecular flexibility index (Phi) is 3.44. The van der Waals surface area contributed by atoms with Gasteiger partial charge in [0.15, 0.2) is 0 Å². The van der Waals surface area contributed by atoms with Gasteiger partial charge in [-0.25, -0.2) is 0 Å². The van der Waals surface area contributed by atoms with E-state index in [1.807, 2.05) is 19.1 Å². The normalized spacial score (nSPS) is 26.8. The summed E-state index contributed by atoms with van der Waals surface area (Å²) in [5, 5.41) is 13.1. The number of hydrogen-bond acceptors (Lipinski definition) is 3. The van der Waals surface area contributed by atoms with Gasteiger partial charge in [-0.2, -0.15) is 0 Å². The zero-order chi connectivity index (χ0) is 10.7. The molecule has 1 fully saturated rings. The summed E-state index contributed by atoms with van der Waals surface area (Å²) in [6, 6.07) is 4.19. The second-order valence-corrected chi connectivity index (χ2v) is 4.35. The topological polar surface area (TPSA) is 45.4 Å². The third kappa shape index (κ3) is 2.83. The molecule has 0 aromatic carbocycles. The van der Waals surface area contributed by atoms with Crippen LogP contribution in [-0.4, -0.2) is 17.3 Å². The third-order valence-corrected chi connectivity index (χ3v) is 3.06. The molecule has 1 aliphatic rings. The van der Waals surface area contributed by atoms with Gasteiger partial charge in [0.05, 0.1) is 12.6 Å². The molecule has 0 unspecified atom stereocenters. The lowest BCUT2D eigenvalue weighted by molar-refractivity contribution is 0.0893. The van der Waals surface area contributed by atoms with E-state index in [4.69, 9.17) is 4.42 Å². The lowest BCUT2D eigenvalue weighted by Crippen LogP contribution is -2.41. The molecule has 2 rings (SSSR count). The van der Waals surface area contributed by atoms with Crippen molar-refractivity contribution in [3.8, 4) is 0 Å². The Hall–Kier alpha value is -0.800. The zero-order valence-electron chi connectivity index (χ0n) is 9.20. The molecule has 84 valence electrons. The first-order valence-corrected chi connectivity index (χ1v) is 5.72. The van der Waals surface area contributed by atoms with Gasteiger partial charge in [-0.3, -0.25) is 0 Å². The number of aliphatic hydroxyl groups excluding tert-OH is 1. The SMILES string of the molecule is Cc1ccc(CN[C@H]2CCCC[C@H]2O)o1. The van der Waals surface area contributed by atoms with Crippen molar-refractivity contribution in [2.24, 2.45) is 0 Å². The maximum absolute atomic E-state index is 9.76. The van der Waals surface area contributed by atoms with Crippen molar-refractivity contribution < 1.29 is 9.52 Å². The Morgan fingerprint density at radius 1 is 1.40 bits per heavy atom. The van der Waals surface area contributed by atoms with Crippen molar-refractivity contribution in [3.63, 3.8) is 0 Å². The highest BCUT2D eigenvalue weighted by molar-refractivity contribution is 5.05. The molecule has 1 heterocycles. The average Bonchev–Trinajstić information content (AvgIpc) is 2.63. The molecule has 0 amide bonds. The van der Waals surface area contributed by atoms with Crippen LogP contribution in [0.1, 0.15) is 37.2 Å². The predicted octanol–water partition coefficient (Wildman–Crippen LogP) is 1.98.